The van der Waals surface area contributed by atoms with E-state index in [2.05, 4.69) is 5.32 Å². The molecule has 6 heteroatoms. The van der Waals surface area contributed by atoms with Crippen molar-refractivity contribution in [1.82, 2.24) is 5.32 Å². The molecule has 0 aromatic heterocycles. The van der Waals surface area contributed by atoms with Crippen LogP contribution in [0.2, 0.25) is 0 Å². The van der Waals surface area contributed by atoms with Crippen LogP contribution in [0.4, 0.5) is 0 Å². The molecule has 0 saturated carbocycles. The Bertz CT molecular complexity index is 485. The number of carbonyl (C=O) groups is 3. The van der Waals surface area contributed by atoms with Crippen LogP contribution < -0.4 is 15.8 Å². The molecule has 0 radical (unpaired) electrons. The maximum atomic E-state index is 11.7. The van der Waals surface area contributed by atoms with Gasteiger partial charge in [0.05, 0.1) is 0 Å². The molecule has 1 aromatic rings. The highest BCUT2D eigenvalue weighted by Gasteiger charge is 2.14. The molecule has 0 bridgehead atoms. The Balaban J connectivity index is 2.80. The van der Waals surface area contributed by atoms with Crippen molar-refractivity contribution in [2.45, 2.75) is 19.9 Å². The molecule has 0 aliphatic rings. The van der Waals surface area contributed by atoms with Crippen molar-refractivity contribution < 1.29 is 19.1 Å². The van der Waals surface area contributed by atoms with Gasteiger partial charge in [0.1, 0.15) is 11.8 Å². The van der Waals surface area contributed by atoms with Crippen LogP contribution in [0.3, 0.4) is 0 Å². The lowest BCUT2D eigenvalue weighted by molar-refractivity contribution is -0.131. The van der Waals surface area contributed by atoms with E-state index in [1.807, 2.05) is 0 Å². The predicted molar refractivity (Wildman–Crippen MR) is 63.9 cm³/mol. The quantitative estimate of drug-likeness (QED) is 0.589. The van der Waals surface area contributed by atoms with Gasteiger partial charge in [-0.05, 0) is 25.1 Å². The SMILES string of the molecule is CC(=O)Oc1cccc(C(=O)N[C@H](C)C(N)=O)c1. The van der Waals surface area contributed by atoms with Gasteiger partial charge in [-0.15, -0.1) is 0 Å². The molecule has 0 spiro atoms. The van der Waals surface area contributed by atoms with Gasteiger partial charge >= 0.3 is 5.97 Å². The molecule has 96 valence electrons. The minimum Gasteiger partial charge on any atom is -0.427 e. The standard InChI is InChI=1S/C12H14N2O4/c1-7(11(13)16)14-12(17)9-4-3-5-10(6-9)18-8(2)15/h3-7H,1-2H3,(H2,13,16)(H,14,17)/t7-/m1/s1. The van der Waals surface area contributed by atoms with Crippen molar-refractivity contribution >= 4 is 17.8 Å². The number of carbonyl (C=O) groups excluding carboxylic acids is 3. The molecule has 1 aromatic carbocycles. The van der Waals surface area contributed by atoms with E-state index in [1.165, 1.54) is 26.0 Å². The van der Waals surface area contributed by atoms with Gasteiger partial charge in [0.2, 0.25) is 5.91 Å². The summed E-state index contributed by atoms with van der Waals surface area (Å²) in [6, 6.07) is 5.30. The minimum absolute atomic E-state index is 0.266. The van der Waals surface area contributed by atoms with E-state index in [9.17, 15) is 14.4 Å². The van der Waals surface area contributed by atoms with Crippen molar-refractivity contribution in [1.29, 1.82) is 0 Å². The fourth-order valence-corrected chi connectivity index (χ4v) is 1.22. The van der Waals surface area contributed by atoms with Crippen molar-refractivity contribution in [2.24, 2.45) is 5.73 Å². The number of hydrogen-bond acceptors (Lipinski definition) is 4. The van der Waals surface area contributed by atoms with E-state index in [0.29, 0.717) is 0 Å². The zero-order valence-corrected chi connectivity index (χ0v) is 10.1. The number of esters is 1. The third kappa shape index (κ3) is 3.89. The Morgan fingerprint density at radius 3 is 2.56 bits per heavy atom. The lowest BCUT2D eigenvalue weighted by Gasteiger charge is -2.10. The molecule has 0 unspecified atom stereocenters. The van der Waals surface area contributed by atoms with E-state index < -0.39 is 23.8 Å². The van der Waals surface area contributed by atoms with Gasteiger partial charge in [0.15, 0.2) is 0 Å². The molecule has 6 nitrogen and oxygen atoms in total. The van der Waals surface area contributed by atoms with Gasteiger partial charge in [-0.2, -0.15) is 0 Å². The molecular weight excluding hydrogens is 236 g/mol. The van der Waals surface area contributed by atoms with Gasteiger partial charge < -0.3 is 15.8 Å². The van der Waals surface area contributed by atoms with E-state index in [4.69, 9.17) is 10.5 Å². The third-order valence-electron chi connectivity index (χ3n) is 2.13. The highest BCUT2D eigenvalue weighted by molar-refractivity contribution is 5.97. The summed E-state index contributed by atoms with van der Waals surface area (Å²) in [4.78, 5) is 33.3. The number of ether oxygens (including phenoxy) is 1. The fraction of sp³-hybridized carbons (Fsp3) is 0.250. The molecule has 3 N–H and O–H groups in total. The average Bonchev–Trinajstić information content (AvgIpc) is 2.28. The summed E-state index contributed by atoms with van der Waals surface area (Å²) in [5.41, 5.74) is 5.31. The average molecular weight is 250 g/mol. The second kappa shape index (κ2) is 5.81. The number of hydrogen-bond donors (Lipinski definition) is 2. The van der Waals surface area contributed by atoms with Crippen molar-refractivity contribution in [3.8, 4) is 5.75 Å². The van der Waals surface area contributed by atoms with Crippen molar-refractivity contribution in [3.63, 3.8) is 0 Å². The monoisotopic (exact) mass is 250 g/mol. The van der Waals surface area contributed by atoms with Gasteiger partial charge in [-0.1, -0.05) is 6.07 Å². The molecular formula is C12H14N2O4. The lowest BCUT2D eigenvalue weighted by atomic mass is 10.2. The smallest absolute Gasteiger partial charge is 0.308 e. The van der Waals surface area contributed by atoms with Crippen LogP contribution >= 0.6 is 0 Å². The summed E-state index contributed by atoms with van der Waals surface area (Å²) >= 11 is 0. The molecule has 2 amide bonds. The Morgan fingerprint density at radius 1 is 1.33 bits per heavy atom. The summed E-state index contributed by atoms with van der Waals surface area (Å²) in [6.07, 6.45) is 0. The molecule has 0 aliphatic carbocycles. The largest absolute Gasteiger partial charge is 0.427 e. The molecule has 0 heterocycles. The van der Waals surface area contributed by atoms with E-state index in [0.717, 1.165) is 0 Å². The van der Waals surface area contributed by atoms with Crippen LogP contribution in [0.5, 0.6) is 5.75 Å². The molecule has 1 rings (SSSR count). The molecule has 0 aliphatic heterocycles. The first-order chi connectivity index (χ1) is 8.40. The van der Waals surface area contributed by atoms with Crippen LogP contribution in [0.25, 0.3) is 0 Å². The number of benzene rings is 1. The first-order valence-electron chi connectivity index (χ1n) is 5.29. The summed E-state index contributed by atoms with van der Waals surface area (Å²) in [5, 5.41) is 2.42. The number of amides is 2. The number of primary amides is 1. The second-order valence-electron chi connectivity index (χ2n) is 3.72. The second-order valence-corrected chi connectivity index (χ2v) is 3.72. The van der Waals surface area contributed by atoms with Gasteiger partial charge in [0, 0.05) is 12.5 Å². The number of rotatable bonds is 4. The van der Waals surface area contributed by atoms with Gasteiger partial charge in [-0.25, -0.2) is 0 Å². The first kappa shape index (κ1) is 13.7. The van der Waals surface area contributed by atoms with Crippen LogP contribution in [-0.4, -0.2) is 23.8 Å². The van der Waals surface area contributed by atoms with Gasteiger partial charge in [-0.3, -0.25) is 14.4 Å². The fourth-order valence-electron chi connectivity index (χ4n) is 1.22. The minimum atomic E-state index is -0.769. The maximum Gasteiger partial charge on any atom is 0.308 e. The Labute approximate surface area is 104 Å². The summed E-state index contributed by atoms with van der Waals surface area (Å²) < 4.78 is 4.85. The summed E-state index contributed by atoms with van der Waals surface area (Å²) in [7, 11) is 0. The number of nitrogens with two attached hydrogens (primary N) is 1. The summed E-state index contributed by atoms with van der Waals surface area (Å²) in [5.74, 6) is -1.30. The Kier molecular flexibility index (Phi) is 4.42. The maximum absolute atomic E-state index is 11.7. The summed E-state index contributed by atoms with van der Waals surface area (Å²) in [6.45, 7) is 2.75. The zero-order chi connectivity index (χ0) is 13.7. The lowest BCUT2D eigenvalue weighted by Crippen LogP contribution is -2.42. The molecule has 0 fully saturated rings. The first-order valence-corrected chi connectivity index (χ1v) is 5.29. The zero-order valence-electron chi connectivity index (χ0n) is 10.1. The van der Waals surface area contributed by atoms with Crippen LogP contribution in [0.15, 0.2) is 24.3 Å². The highest BCUT2D eigenvalue weighted by Crippen LogP contribution is 2.13. The van der Waals surface area contributed by atoms with Crippen LogP contribution in [0, 0.1) is 0 Å². The highest BCUT2D eigenvalue weighted by atomic mass is 16.5. The Hall–Kier alpha value is -2.37. The van der Waals surface area contributed by atoms with Crippen LogP contribution in [-0.2, 0) is 9.59 Å². The van der Waals surface area contributed by atoms with Crippen molar-refractivity contribution in [3.05, 3.63) is 29.8 Å². The molecule has 1 atom stereocenters. The van der Waals surface area contributed by atoms with E-state index >= 15 is 0 Å². The predicted octanol–water partition coefficient (Wildman–Crippen LogP) is 0.215. The number of nitrogens with one attached hydrogen (secondary N) is 1. The normalized spacial score (nSPS) is 11.4. The van der Waals surface area contributed by atoms with E-state index in [-0.39, 0.29) is 11.3 Å². The van der Waals surface area contributed by atoms with E-state index in [1.54, 1.807) is 12.1 Å². The molecule has 18 heavy (non-hydrogen) atoms. The van der Waals surface area contributed by atoms with Crippen LogP contribution in [0.1, 0.15) is 24.2 Å². The molecule has 0 saturated heterocycles. The third-order valence-corrected chi connectivity index (χ3v) is 2.13. The topological polar surface area (TPSA) is 98.5 Å². The van der Waals surface area contributed by atoms with Gasteiger partial charge in [0.25, 0.3) is 5.91 Å². The Morgan fingerprint density at radius 2 is 2.00 bits per heavy atom. The van der Waals surface area contributed by atoms with Crippen molar-refractivity contribution in [2.75, 3.05) is 0 Å².